The average molecular weight is 720 g/mol. The van der Waals surface area contributed by atoms with Crippen molar-refractivity contribution in [1.29, 1.82) is 0 Å². The van der Waals surface area contributed by atoms with E-state index < -0.39 is 46.1 Å². The summed E-state index contributed by atoms with van der Waals surface area (Å²) in [5, 5.41) is 1.42. The molecule has 0 fully saturated rings. The van der Waals surface area contributed by atoms with Crippen molar-refractivity contribution in [1.82, 2.24) is 0 Å². The topological polar surface area (TPSA) is 0 Å². The molecule has 0 N–H and O–H groups in total. The summed E-state index contributed by atoms with van der Waals surface area (Å²) >= 11 is 16.4. The molecule has 0 nitrogen and oxygen atoms in total. The van der Waals surface area contributed by atoms with Crippen LogP contribution in [0.1, 0.15) is 89.8 Å². The van der Waals surface area contributed by atoms with Gasteiger partial charge in [0, 0.05) is 39.9 Å². The molecule has 1 rings (SSSR count). The zero-order chi connectivity index (χ0) is 32.9. The molecule has 0 saturated heterocycles. The maximum absolute atomic E-state index is 8.22. The van der Waals surface area contributed by atoms with E-state index in [2.05, 4.69) is 146 Å². The second kappa shape index (κ2) is 13.6. The molecule has 0 aromatic heterocycles. The van der Waals surface area contributed by atoms with Crippen molar-refractivity contribution in [3.63, 3.8) is 0 Å². The molecule has 0 saturated carbocycles. The summed E-state index contributed by atoms with van der Waals surface area (Å²) in [6, 6.07) is 4.99. The molecule has 2 radical (unpaired) electrons. The van der Waals surface area contributed by atoms with E-state index in [0.717, 1.165) is 18.1 Å². The molecule has 0 aliphatic carbocycles. The van der Waals surface area contributed by atoms with Crippen LogP contribution in [0, 0.1) is 0 Å². The first-order valence-corrected chi connectivity index (χ1v) is 39.9. The minimum atomic E-state index is -2.87. The molecule has 0 heterocycles. The van der Waals surface area contributed by atoms with Crippen molar-refractivity contribution in [3.8, 4) is 0 Å². The van der Waals surface area contributed by atoms with E-state index in [4.69, 9.17) is 22.2 Å². The molecule has 0 aliphatic rings. The molecule has 0 atom stereocenters. The van der Waals surface area contributed by atoms with Gasteiger partial charge in [-0.2, -0.15) is 0 Å². The first-order chi connectivity index (χ1) is 17.9. The maximum Gasteiger partial charge on any atom is 0.259 e. The number of hydrogen-bond acceptors (Lipinski definition) is 0. The number of benzene rings is 1. The Balaban J connectivity index is 4.48. The summed E-state index contributed by atoms with van der Waals surface area (Å²) in [5.74, 6) is 1.33. The Bertz CT molecular complexity index is 931. The lowest BCUT2D eigenvalue weighted by atomic mass is 9.89. The monoisotopic (exact) mass is 718 g/mol. The van der Waals surface area contributed by atoms with E-state index >= 15 is 0 Å². The molecule has 0 amide bonds. The fourth-order valence-electron chi connectivity index (χ4n) is 9.24. The predicted octanol–water partition coefficient (Wildman–Crippen LogP) is 12.0. The van der Waals surface area contributed by atoms with Gasteiger partial charge in [-0.3, -0.25) is 0 Å². The minimum Gasteiger partial charge on any atom is -0.145 e. The molecule has 0 aliphatic heterocycles. The Morgan fingerprint density at radius 1 is 0.512 bits per heavy atom. The highest BCUT2D eigenvalue weighted by Gasteiger charge is 2.65. The molecule has 0 unspecified atom stereocenters. The van der Waals surface area contributed by atoms with Gasteiger partial charge in [0.25, 0.3) is 6.21 Å². The lowest BCUT2D eigenvalue weighted by Crippen LogP contribution is -2.77. The van der Waals surface area contributed by atoms with Crippen LogP contribution in [0.25, 0.3) is 0 Å². The van der Waals surface area contributed by atoms with Crippen LogP contribution in [0.15, 0.2) is 12.1 Å². The molecule has 1 aromatic carbocycles. The van der Waals surface area contributed by atoms with Crippen LogP contribution in [0.3, 0.4) is 0 Å². The van der Waals surface area contributed by atoms with Gasteiger partial charge in [-0.05, 0) is 39.6 Å². The summed E-state index contributed by atoms with van der Waals surface area (Å²) in [4.78, 5) is 1.79. The zero-order valence-corrected chi connectivity index (χ0v) is 39.4. The Kier molecular flexibility index (Phi) is 13.4. The third kappa shape index (κ3) is 9.20. The molecule has 0 spiro atoms. The van der Waals surface area contributed by atoms with Crippen LogP contribution in [0.2, 0.25) is 93.7 Å². The van der Waals surface area contributed by atoms with Crippen molar-refractivity contribution in [2.45, 2.75) is 167 Å². The van der Waals surface area contributed by atoms with Crippen molar-refractivity contribution in [2.24, 2.45) is 0 Å². The summed E-state index contributed by atoms with van der Waals surface area (Å²) in [7, 11) is -7.54. The Labute approximate surface area is 275 Å². The number of halogens is 2. The standard InChI is InChI=1S/C32H68Cl2Si7/c1-23(2)27-21-28(24(3)4)30(29(22-27)25(5)6)41(33,34)35-40(26(7)8,31(36(9,10)11)37(12,13)14)32(38(15,16)17)39(18,19)20/h21-26,31-32H,1-20H3. The lowest BCUT2D eigenvalue weighted by Gasteiger charge is -2.63. The average Bonchev–Trinajstić information content (AvgIpc) is 2.67. The molecule has 0 bridgehead atoms. The summed E-state index contributed by atoms with van der Waals surface area (Å²) < 4.78 is 0. The highest BCUT2D eigenvalue weighted by atomic mass is 35.7. The van der Waals surface area contributed by atoms with Gasteiger partial charge in [-0.25, -0.2) is 0 Å². The fourth-order valence-corrected chi connectivity index (χ4v) is 115. The minimum absolute atomic E-state index is 0.417. The van der Waals surface area contributed by atoms with E-state index in [-0.39, 0.29) is 0 Å². The van der Waals surface area contributed by atoms with Gasteiger partial charge in [0.05, 0.1) is 8.55 Å². The molecule has 9 heteroatoms. The maximum atomic E-state index is 8.22. The van der Waals surface area contributed by atoms with Crippen LogP contribution in [-0.2, 0) is 0 Å². The van der Waals surface area contributed by atoms with Gasteiger partial charge in [0.2, 0.25) is 0 Å². The van der Waals surface area contributed by atoms with Gasteiger partial charge in [0.15, 0.2) is 0 Å². The third-order valence-corrected chi connectivity index (χ3v) is 71.3. The summed E-state index contributed by atoms with van der Waals surface area (Å²) in [6.45, 7) is 51.8. The summed E-state index contributed by atoms with van der Waals surface area (Å²) in [5.41, 5.74) is 5.04. The molecular weight excluding hydrogens is 652 g/mol. The Hall–Kier alpha value is 1.32. The number of hydrogen-bond donors (Lipinski definition) is 0. The van der Waals surface area contributed by atoms with Crippen LogP contribution in [0.5, 0.6) is 0 Å². The van der Waals surface area contributed by atoms with Gasteiger partial charge in [0.1, 0.15) is 0 Å². The van der Waals surface area contributed by atoms with Crippen molar-refractivity contribution in [3.05, 3.63) is 28.8 Å². The lowest BCUT2D eigenvalue weighted by molar-refractivity contribution is 0.813. The van der Waals surface area contributed by atoms with Gasteiger partial charge >= 0.3 is 0 Å². The number of rotatable bonds is 13. The van der Waals surface area contributed by atoms with Crippen molar-refractivity contribution < 1.29 is 0 Å². The summed E-state index contributed by atoms with van der Waals surface area (Å²) in [6.07, 6.45) is -2.87. The highest BCUT2D eigenvalue weighted by molar-refractivity contribution is 7.83. The molecule has 1 aromatic rings. The normalized spacial score (nSPS) is 15.0. The smallest absolute Gasteiger partial charge is 0.145 e. The van der Waals surface area contributed by atoms with E-state index in [1.54, 1.807) is 0 Å². The first kappa shape index (κ1) is 40.3. The van der Waals surface area contributed by atoms with Gasteiger partial charge in [-0.1, -0.05) is 161 Å². The Morgan fingerprint density at radius 3 is 1.00 bits per heavy atom. The molecular formula is C32H68Cl2Si7. The van der Waals surface area contributed by atoms with Crippen LogP contribution in [-0.4, -0.2) is 54.7 Å². The second-order valence-electron chi connectivity index (χ2n) is 18.7. The Morgan fingerprint density at radius 2 is 0.805 bits per heavy atom. The predicted molar refractivity (Wildman–Crippen MR) is 213 cm³/mol. The van der Waals surface area contributed by atoms with E-state index in [1.165, 1.54) is 21.9 Å². The van der Waals surface area contributed by atoms with Gasteiger partial charge in [-0.15, -0.1) is 22.2 Å². The third-order valence-electron chi connectivity index (χ3n) is 9.19. The van der Waals surface area contributed by atoms with E-state index in [9.17, 15) is 0 Å². The van der Waals surface area contributed by atoms with Crippen LogP contribution >= 0.6 is 22.2 Å². The highest BCUT2D eigenvalue weighted by Crippen LogP contribution is 2.56. The quantitative estimate of drug-likeness (QED) is 0.141. The zero-order valence-electron chi connectivity index (χ0n) is 30.9. The van der Waals surface area contributed by atoms with Crippen molar-refractivity contribution >= 4 is 82.0 Å². The SMILES string of the molecule is CC(C)c1cc(C(C)C)c([Si](Cl)(Cl)[Si][Si](C(C)C)(C([Si](C)(C)C)[Si](C)(C)C)C([Si](C)(C)C)[Si](C)(C)C)c(C(C)C)c1. The molecule has 41 heavy (non-hydrogen) atoms. The first-order valence-electron chi connectivity index (χ1n) is 16.3. The second-order valence-corrected chi connectivity index (χ2v) is 63.2. The van der Waals surface area contributed by atoms with Gasteiger partial charge < -0.3 is 0 Å². The molecule has 238 valence electrons. The van der Waals surface area contributed by atoms with Crippen LogP contribution in [0.4, 0.5) is 0 Å². The van der Waals surface area contributed by atoms with Crippen LogP contribution < -0.4 is 5.19 Å². The largest absolute Gasteiger partial charge is 0.259 e. The fraction of sp³-hybridized carbons (Fsp3) is 0.812. The van der Waals surface area contributed by atoms with Crippen molar-refractivity contribution in [2.75, 3.05) is 0 Å². The van der Waals surface area contributed by atoms with E-state index in [0.29, 0.717) is 23.3 Å². The van der Waals surface area contributed by atoms with E-state index in [1.807, 2.05) is 0 Å².